The molecule has 0 aromatic heterocycles. The number of hydrogen-bond acceptors (Lipinski definition) is 6. The quantitative estimate of drug-likeness (QED) is 0.433. The van der Waals surface area contributed by atoms with Gasteiger partial charge in [0.25, 0.3) is 0 Å². The lowest BCUT2D eigenvalue weighted by molar-refractivity contribution is -0.386. The highest BCUT2D eigenvalue weighted by molar-refractivity contribution is 5.75. The molecule has 0 aliphatic carbocycles. The van der Waals surface area contributed by atoms with Crippen molar-refractivity contribution in [1.29, 1.82) is 0 Å². The molecular formula is C13H17NO6. The van der Waals surface area contributed by atoms with Gasteiger partial charge in [0.05, 0.1) is 24.7 Å². The number of nitrogens with zero attached hydrogens (tertiary/aromatic N) is 1. The van der Waals surface area contributed by atoms with Crippen molar-refractivity contribution in [2.24, 2.45) is 0 Å². The minimum atomic E-state index is -0.873. The summed E-state index contributed by atoms with van der Waals surface area (Å²) < 4.78 is 15.2. The van der Waals surface area contributed by atoms with Crippen LogP contribution in [0.3, 0.4) is 0 Å². The van der Waals surface area contributed by atoms with Crippen LogP contribution in [0.4, 0.5) is 5.69 Å². The molecule has 0 fully saturated rings. The van der Waals surface area contributed by atoms with E-state index < -0.39 is 17.0 Å². The fourth-order valence-electron chi connectivity index (χ4n) is 1.55. The number of hydrogen-bond donors (Lipinski definition) is 0. The Morgan fingerprint density at radius 2 is 2.10 bits per heavy atom. The van der Waals surface area contributed by atoms with Crippen LogP contribution in [0.2, 0.25) is 0 Å². The van der Waals surface area contributed by atoms with Crippen molar-refractivity contribution in [3.05, 3.63) is 28.3 Å². The van der Waals surface area contributed by atoms with E-state index in [4.69, 9.17) is 14.2 Å². The van der Waals surface area contributed by atoms with Gasteiger partial charge >= 0.3 is 11.7 Å². The highest BCUT2D eigenvalue weighted by Gasteiger charge is 2.24. The van der Waals surface area contributed by atoms with E-state index in [1.807, 2.05) is 0 Å². The third-order valence-electron chi connectivity index (χ3n) is 2.55. The van der Waals surface area contributed by atoms with E-state index in [9.17, 15) is 14.9 Å². The molecule has 1 aromatic rings. The van der Waals surface area contributed by atoms with Crippen molar-refractivity contribution in [2.75, 3.05) is 13.7 Å². The van der Waals surface area contributed by atoms with Crippen LogP contribution in [0.15, 0.2) is 18.2 Å². The summed E-state index contributed by atoms with van der Waals surface area (Å²) >= 11 is 0. The molecule has 0 spiro atoms. The fraction of sp³-hybridized carbons (Fsp3) is 0.462. The maximum Gasteiger partial charge on any atom is 0.347 e. The zero-order valence-corrected chi connectivity index (χ0v) is 11.6. The van der Waals surface area contributed by atoms with Crippen molar-refractivity contribution in [2.45, 2.75) is 26.4 Å². The molecule has 20 heavy (non-hydrogen) atoms. The normalized spacial score (nSPS) is 11.6. The average molecular weight is 283 g/mol. The largest absolute Gasteiger partial charge is 0.496 e. The number of carbonyl (C=O) groups is 1. The molecule has 110 valence electrons. The fourth-order valence-corrected chi connectivity index (χ4v) is 1.55. The number of benzene rings is 1. The molecule has 0 radical (unpaired) electrons. The summed E-state index contributed by atoms with van der Waals surface area (Å²) in [5.74, 6) is -0.191. The molecule has 1 unspecified atom stereocenters. The maximum atomic E-state index is 11.6. The highest BCUT2D eigenvalue weighted by Crippen LogP contribution is 2.32. The third kappa shape index (κ3) is 3.84. The molecule has 0 saturated heterocycles. The second-order valence-corrected chi connectivity index (χ2v) is 3.86. The first-order valence-electron chi connectivity index (χ1n) is 6.19. The van der Waals surface area contributed by atoms with Crippen LogP contribution < -0.4 is 9.47 Å². The summed E-state index contributed by atoms with van der Waals surface area (Å²) in [6.45, 7) is 3.64. The molecule has 1 aromatic carbocycles. The van der Waals surface area contributed by atoms with Crippen LogP contribution in [-0.4, -0.2) is 30.7 Å². The predicted octanol–water partition coefficient (Wildman–Crippen LogP) is 2.32. The van der Waals surface area contributed by atoms with Crippen LogP contribution in [-0.2, 0) is 9.53 Å². The SMILES string of the molecule is CCOC(=O)C(CC)Oc1ccc(OC)cc1[N+](=O)[O-]. The van der Waals surface area contributed by atoms with Gasteiger partial charge in [-0.2, -0.15) is 0 Å². The lowest BCUT2D eigenvalue weighted by atomic mass is 10.2. The van der Waals surface area contributed by atoms with Crippen molar-refractivity contribution < 1.29 is 23.9 Å². The first kappa shape index (κ1) is 15.7. The van der Waals surface area contributed by atoms with Gasteiger partial charge in [0.15, 0.2) is 11.9 Å². The Balaban J connectivity index is 3.00. The van der Waals surface area contributed by atoms with E-state index in [0.29, 0.717) is 12.2 Å². The Bertz CT molecular complexity index is 488. The maximum absolute atomic E-state index is 11.6. The van der Waals surface area contributed by atoms with Crippen molar-refractivity contribution in [1.82, 2.24) is 0 Å². The van der Waals surface area contributed by atoms with Gasteiger partial charge in [-0.3, -0.25) is 10.1 Å². The van der Waals surface area contributed by atoms with Gasteiger partial charge in [-0.25, -0.2) is 4.79 Å². The summed E-state index contributed by atoms with van der Waals surface area (Å²) in [6.07, 6.45) is -0.524. The average Bonchev–Trinajstić information content (AvgIpc) is 2.44. The van der Waals surface area contributed by atoms with E-state index >= 15 is 0 Å². The number of nitro groups is 1. The van der Waals surface area contributed by atoms with Crippen LogP contribution in [0.1, 0.15) is 20.3 Å². The molecule has 0 N–H and O–H groups in total. The summed E-state index contributed by atoms with van der Waals surface area (Å²) in [5, 5.41) is 11.0. The molecule has 0 heterocycles. The molecule has 7 nitrogen and oxygen atoms in total. The Morgan fingerprint density at radius 1 is 1.40 bits per heavy atom. The molecule has 0 aliphatic heterocycles. The Kier molecular flexibility index (Phi) is 5.76. The molecule has 0 saturated carbocycles. The lowest BCUT2D eigenvalue weighted by Crippen LogP contribution is -2.28. The number of methoxy groups -OCH3 is 1. The molecule has 7 heteroatoms. The third-order valence-corrected chi connectivity index (χ3v) is 2.55. The smallest absolute Gasteiger partial charge is 0.347 e. The molecule has 0 amide bonds. The van der Waals surface area contributed by atoms with E-state index in [0.717, 1.165) is 0 Å². The second kappa shape index (κ2) is 7.32. The summed E-state index contributed by atoms with van der Waals surface area (Å²) in [6, 6.07) is 4.17. The first-order chi connectivity index (χ1) is 9.53. The second-order valence-electron chi connectivity index (χ2n) is 3.86. The summed E-state index contributed by atoms with van der Waals surface area (Å²) in [4.78, 5) is 22.1. The lowest BCUT2D eigenvalue weighted by Gasteiger charge is -2.16. The number of nitro benzene ring substituents is 1. The van der Waals surface area contributed by atoms with Crippen LogP contribution in [0.5, 0.6) is 11.5 Å². The van der Waals surface area contributed by atoms with Crippen molar-refractivity contribution >= 4 is 11.7 Å². The van der Waals surface area contributed by atoms with E-state index in [2.05, 4.69) is 0 Å². The van der Waals surface area contributed by atoms with Gasteiger partial charge in [0.2, 0.25) is 0 Å². The minimum Gasteiger partial charge on any atom is -0.496 e. The van der Waals surface area contributed by atoms with E-state index in [-0.39, 0.29) is 18.0 Å². The molecule has 1 rings (SSSR count). The highest BCUT2D eigenvalue weighted by atomic mass is 16.6. The van der Waals surface area contributed by atoms with E-state index in [1.54, 1.807) is 13.8 Å². The Hall–Kier alpha value is -2.31. The zero-order valence-electron chi connectivity index (χ0n) is 11.6. The van der Waals surface area contributed by atoms with Gasteiger partial charge in [-0.1, -0.05) is 6.92 Å². The summed E-state index contributed by atoms with van der Waals surface area (Å²) in [5.41, 5.74) is -0.257. The topological polar surface area (TPSA) is 87.9 Å². The van der Waals surface area contributed by atoms with Gasteiger partial charge in [0, 0.05) is 0 Å². The van der Waals surface area contributed by atoms with Gasteiger partial charge in [-0.05, 0) is 25.5 Å². The Morgan fingerprint density at radius 3 is 2.60 bits per heavy atom. The van der Waals surface area contributed by atoms with Crippen molar-refractivity contribution in [3.8, 4) is 11.5 Å². The van der Waals surface area contributed by atoms with Gasteiger partial charge in [0.1, 0.15) is 5.75 Å². The van der Waals surface area contributed by atoms with Crippen LogP contribution in [0.25, 0.3) is 0 Å². The number of rotatable bonds is 7. The van der Waals surface area contributed by atoms with Crippen LogP contribution >= 0.6 is 0 Å². The van der Waals surface area contributed by atoms with Gasteiger partial charge in [-0.15, -0.1) is 0 Å². The predicted molar refractivity (Wildman–Crippen MR) is 71.0 cm³/mol. The molecule has 1 atom stereocenters. The summed E-state index contributed by atoms with van der Waals surface area (Å²) in [7, 11) is 1.41. The standard InChI is InChI=1S/C13H17NO6/c1-4-11(13(15)19-5-2)20-12-7-6-9(18-3)8-10(12)14(16)17/h6-8,11H,4-5H2,1-3H3. The first-order valence-corrected chi connectivity index (χ1v) is 6.19. The zero-order chi connectivity index (χ0) is 15.1. The van der Waals surface area contributed by atoms with Crippen LogP contribution in [0, 0.1) is 10.1 Å². The number of carbonyl (C=O) groups excluding carboxylic acids is 1. The minimum absolute atomic E-state index is 0.00991. The number of ether oxygens (including phenoxy) is 3. The monoisotopic (exact) mass is 283 g/mol. The molecular weight excluding hydrogens is 266 g/mol. The Labute approximate surface area is 116 Å². The molecule has 0 aliphatic rings. The molecule has 0 bridgehead atoms. The van der Waals surface area contributed by atoms with E-state index in [1.165, 1.54) is 25.3 Å². The number of esters is 1. The van der Waals surface area contributed by atoms with Crippen molar-refractivity contribution in [3.63, 3.8) is 0 Å². The van der Waals surface area contributed by atoms with Gasteiger partial charge < -0.3 is 14.2 Å².